The van der Waals surface area contributed by atoms with Gasteiger partial charge in [0.05, 0.1) is 18.5 Å². The van der Waals surface area contributed by atoms with Gasteiger partial charge in [-0.25, -0.2) is 15.0 Å². The van der Waals surface area contributed by atoms with E-state index in [1.807, 2.05) is 10.8 Å². The number of nitrogen functional groups attached to an aromatic ring is 1. The summed E-state index contributed by atoms with van der Waals surface area (Å²) in [7, 11) is 0. The lowest BCUT2D eigenvalue weighted by molar-refractivity contribution is 0.00385. The number of aliphatic hydroxyl groups excluding tert-OH is 2. The van der Waals surface area contributed by atoms with Crippen LogP contribution in [0.4, 0.5) is 5.82 Å². The van der Waals surface area contributed by atoms with Crippen LogP contribution in [0.1, 0.15) is 12.5 Å². The quantitative estimate of drug-likeness (QED) is 0.530. The second kappa shape index (κ2) is 4.06. The van der Waals surface area contributed by atoms with E-state index >= 15 is 0 Å². The number of anilines is 1. The summed E-state index contributed by atoms with van der Waals surface area (Å²) >= 11 is 1.41. The third-order valence-electron chi connectivity index (χ3n) is 4.40. The molecule has 2 unspecified atom stereocenters. The van der Waals surface area contributed by atoms with Crippen LogP contribution >= 0.6 is 11.8 Å². The van der Waals surface area contributed by atoms with E-state index in [-0.39, 0.29) is 12.0 Å². The summed E-state index contributed by atoms with van der Waals surface area (Å²) in [5, 5.41) is 20.7. The van der Waals surface area contributed by atoms with Gasteiger partial charge >= 0.3 is 0 Å². The maximum absolute atomic E-state index is 10.2. The average Bonchev–Trinajstić information content (AvgIpc) is 3.04. The minimum absolute atomic E-state index is 0.177. The molecule has 0 amide bonds. The second-order valence-corrected chi connectivity index (χ2v) is 6.23. The highest BCUT2D eigenvalue weighted by Crippen LogP contribution is 2.57. The summed E-state index contributed by atoms with van der Waals surface area (Å²) in [4.78, 5) is 12.9. The molecule has 0 spiro atoms. The third-order valence-corrected chi connectivity index (χ3v) is 4.95. The molecule has 20 heavy (non-hydrogen) atoms. The molecule has 106 valence electrons. The number of nitrogens with zero attached hydrogens (tertiary/aromatic N) is 4. The fourth-order valence-electron chi connectivity index (χ4n) is 3.33. The maximum atomic E-state index is 10.2. The van der Waals surface area contributed by atoms with E-state index in [4.69, 9.17) is 5.73 Å². The van der Waals surface area contributed by atoms with E-state index in [0.717, 1.165) is 6.42 Å². The molecule has 0 radical (unpaired) electrons. The van der Waals surface area contributed by atoms with Crippen LogP contribution in [0.5, 0.6) is 0 Å². The highest BCUT2D eigenvalue weighted by molar-refractivity contribution is 7.98. The molecule has 7 nitrogen and oxygen atoms in total. The molecule has 2 aliphatic carbocycles. The maximum Gasteiger partial charge on any atom is 0.191 e. The number of hydrogen-bond donors (Lipinski definition) is 3. The van der Waals surface area contributed by atoms with Crippen molar-refractivity contribution in [2.24, 2.45) is 11.8 Å². The van der Waals surface area contributed by atoms with Crippen molar-refractivity contribution in [2.75, 3.05) is 12.0 Å². The van der Waals surface area contributed by atoms with Gasteiger partial charge in [0.15, 0.2) is 16.6 Å². The third kappa shape index (κ3) is 1.52. The molecule has 2 aliphatic rings. The van der Waals surface area contributed by atoms with Crippen molar-refractivity contribution in [1.29, 1.82) is 0 Å². The van der Waals surface area contributed by atoms with Gasteiger partial charge in [-0.05, 0) is 24.5 Å². The first-order valence-corrected chi connectivity index (χ1v) is 7.74. The highest BCUT2D eigenvalue weighted by atomic mass is 32.2. The van der Waals surface area contributed by atoms with Crippen LogP contribution in [-0.4, -0.2) is 48.2 Å². The minimum Gasteiger partial charge on any atom is -0.390 e. The summed E-state index contributed by atoms with van der Waals surface area (Å²) in [6, 6.07) is -0.177. The van der Waals surface area contributed by atoms with Crippen LogP contribution in [0.3, 0.4) is 0 Å². The smallest absolute Gasteiger partial charge is 0.191 e. The Morgan fingerprint density at radius 1 is 1.30 bits per heavy atom. The number of rotatable bonds is 2. The van der Waals surface area contributed by atoms with Crippen molar-refractivity contribution in [3.8, 4) is 0 Å². The number of aliphatic hydroxyl groups is 2. The van der Waals surface area contributed by atoms with Crippen molar-refractivity contribution in [2.45, 2.75) is 29.8 Å². The normalized spacial score (nSPS) is 35.5. The number of thioether (sulfide) groups is 1. The Labute approximate surface area is 119 Å². The Balaban J connectivity index is 1.86. The Hall–Kier alpha value is -1.38. The molecule has 2 saturated carbocycles. The minimum atomic E-state index is -0.773. The Morgan fingerprint density at radius 2 is 2.10 bits per heavy atom. The molecule has 4 N–H and O–H groups in total. The van der Waals surface area contributed by atoms with E-state index in [1.165, 1.54) is 11.8 Å². The molecule has 2 heterocycles. The molecule has 2 fully saturated rings. The zero-order valence-electron chi connectivity index (χ0n) is 10.8. The fraction of sp³-hybridized carbons (Fsp3) is 0.583. The van der Waals surface area contributed by atoms with E-state index in [1.54, 1.807) is 6.33 Å². The Morgan fingerprint density at radius 3 is 2.75 bits per heavy atom. The lowest BCUT2D eigenvalue weighted by Crippen LogP contribution is -2.31. The summed E-state index contributed by atoms with van der Waals surface area (Å²) in [6.07, 6.45) is 3.04. The number of aromatic nitrogens is 4. The van der Waals surface area contributed by atoms with Gasteiger partial charge in [-0.3, -0.25) is 0 Å². The van der Waals surface area contributed by atoms with Crippen LogP contribution in [0, 0.1) is 11.8 Å². The first-order chi connectivity index (χ1) is 9.61. The summed E-state index contributed by atoms with van der Waals surface area (Å²) in [5.41, 5.74) is 7.08. The average molecular weight is 293 g/mol. The molecule has 8 heteroatoms. The summed E-state index contributed by atoms with van der Waals surface area (Å²) in [5.74, 6) is 0.844. The van der Waals surface area contributed by atoms with E-state index in [0.29, 0.717) is 28.1 Å². The first kappa shape index (κ1) is 12.4. The molecule has 4 rings (SSSR count). The molecule has 0 saturated heterocycles. The number of hydrogen-bond acceptors (Lipinski definition) is 7. The van der Waals surface area contributed by atoms with Crippen LogP contribution in [0.25, 0.3) is 11.2 Å². The first-order valence-electron chi connectivity index (χ1n) is 6.52. The lowest BCUT2D eigenvalue weighted by atomic mass is 10.1. The predicted octanol–water partition coefficient (Wildman–Crippen LogP) is 0.0430. The SMILES string of the molecule is CSc1nc(N)c2ncn([C@H]3C(O)C(O)[C@@H]4C[C@@H]43)c2n1. The molecule has 0 aliphatic heterocycles. The van der Waals surface area contributed by atoms with Gasteiger partial charge in [-0.2, -0.15) is 0 Å². The van der Waals surface area contributed by atoms with Gasteiger partial charge in [-0.15, -0.1) is 0 Å². The van der Waals surface area contributed by atoms with Gasteiger partial charge < -0.3 is 20.5 Å². The van der Waals surface area contributed by atoms with Crippen molar-refractivity contribution in [3.63, 3.8) is 0 Å². The van der Waals surface area contributed by atoms with Crippen LogP contribution in [-0.2, 0) is 0 Å². The highest BCUT2D eigenvalue weighted by Gasteiger charge is 2.60. The van der Waals surface area contributed by atoms with Gasteiger partial charge in [0, 0.05) is 0 Å². The van der Waals surface area contributed by atoms with Crippen LogP contribution in [0.15, 0.2) is 11.5 Å². The topological polar surface area (TPSA) is 110 Å². The van der Waals surface area contributed by atoms with Crippen molar-refractivity contribution >= 4 is 28.7 Å². The molecule has 2 aromatic rings. The van der Waals surface area contributed by atoms with Crippen molar-refractivity contribution < 1.29 is 10.2 Å². The number of imidazole rings is 1. The second-order valence-electron chi connectivity index (χ2n) is 5.45. The zero-order chi connectivity index (χ0) is 14.0. The van der Waals surface area contributed by atoms with E-state index < -0.39 is 12.2 Å². The molecular weight excluding hydrogens is 278 g/mol. The van der Waals surface area contributed by atoms with Crippen molar-refractivity contribution in [1.82, 2.24) is 19.5 Å². The number of fused-ring (bicyclic) bond motifs is 2. The lowest BCUT2D eigenvalue weighted by Gasteiger charge is -2.22. The molecule has 0 bridgehead atoms. The number of nitrogens with two attached hydrogens (primary N) is 1. The van der Waals surface area contributed by atoms with Gasteiger partial charge in [-0.1, -0.05) is 11.8 Å². The zero-order valence-corrected chi connectivity index (χ0v) is 11.7. The Bertz CT molecular complexity index is 690. The van der Waals surface area contributed by atoms with Gasteiger partial charge in [0.25, 0.3) is 0 Å². The fourth-order valence-corrected chi connectivity index (χ4v) is 3.69. The summed E-state index contributed by atoms with van der Waals surface area (Å²) < 4.78 is 1.85. The van der Waals surface area contributed by atoms with Crippen molar-refractivity contribution in [3.05, 3.63) is 6.33 Å². The molecule has 0 aromatic carbocycles. The van der Waals surface area contributed by atoms with Crippen LogP contribution in [0.2, 0.25) is 0 Å². The van der Waals surface area contributed by atoms with E-state index in [9.17, 15) is 10.2 Å². The summed E-state index contributed by atoms with van der Waals surface area (Å²) in [6.45, 7) is 0. The molecular formula is C12H15N5O2S. The monoisotopic (exact) mass is 293 g/mol. The largest absolute Gasteiger partial charge is 0.390 e. The standard InChI is InChI=1S/C12H15N5O2S/c1-20-12-15-10(13)6-11(16-12)17(3-14-6)7-4-2-5(4)8(18)9(7)19/h3-5,7-9,18-19H,2H2,1H3,(H2,13,15,16)/t4-,5+,7+,8?,9?/m0/s1. The Kier molecular flexibility index (Phi) is 2.51. The van der Waals surface area contributed by atoms with E-state index in [2.05, 4.69) is 15.0 Å². The van der Waals surface area contributed by atoms with Gasteiger partial charge in [0.2, 0.25) is 0 Å². The van der Waals surface area contributed by atoms with Gasteiger partial charge in [0.1, 0.15) is 11.6 Å². The molecule has 5 atom stereocenters. The van der Waals surface area contributed by atoms with Crippen LogP contribution < -0.4 is 5.73 Å². The predicted molar refractivity (Wildman–Crippen MR) is 74.2 cm³/mol. The molecule has 2 aromatic heterocycles.